The average molecular weight is 233 g/mol. The van der Waals surface area contributed by atoms with E-state index in [0.717, 1.165) is 25.4 Å². The monoisotopic (exact) mass is 233 g/mol. The van der Waals surface area contributed by atoms with Crippen LogP contribution in [-0.4, -0.2) is 24.8 Å². The molecule has 94 valence electrons. The highest BCUT2D eigenvalue weighted by atomic mass is 16.3. The highest BCUT2D eigenvalue weighted by Gasteiger charge is 2.15. The van der Waals surface area contributed by atoms with E-state index in [1.807, 2.05) is 0 Å². The van der Waals surface area contributed by atoms with Crippen LogP contribution in [0.5, 0.6) is 0 Å². The highest BCUT2D eigenvalue weighted by Crippen LogP contribution is 2.27. The van der Waals surface area contributed by atoms with E-state index in [0.29, 0.717) is 5.92 Å². The van der Waals surface area contributed by atoms with Crippen molar-refractivity contribution in [3.63, 3.8) is 0 Å². The van der Waals surface area contributed by atoms with Crippen molar-refractivity contribution < 1.29 is 5.11 Å². The number of aliphatic hydroxyl groups is 1. The first-order valence-electron chi connectivity index (χ1n) is 6.76. The fourth-order valence-corrected chi connectivity index (χ4v) is 2.67. The molecule has 1 aromatic carbocycles. The molecule has 2 nitrogen and oxygen atoms in total. The van der Waals surface area contributed by atoms with Crippen LogP contribution in [0.2, 0.25) is 0 Å². The van der Waals surface area contributed by atoms with Crippen LogP contribution in [0.25, 0.3) is 0 Å². The van der Waals surface area contributed by atoms with Crippen LogP contribution >= 0.6 is 0 Å². The minimum Gasteiger partial charge on any atom is -0.396 e. The van der Waals surface area contributed by atoms with Crippen LogP contribution in [-0.2, 0) is 0 Å². The molecule has 1 aromatic rings. The molecule has 2 rings (SSSR count). The molecular formula is C15H23NO. The minimum absolute atomic E-state index is 0.253. The lowest BCUT2D eigenvalue weighted by Gasteiger charge is -2.23. The Morgan fingerprint density at radius 2 is 1.88 bits per heavy atom. The van der Waals surface area contributed by atoms with Crippen LogP contribution in [0, 0.1) is 0 Å². The molecule has 1 aliphatic rings. The SMILES string of the molecule is CCC(CO)c1ccc(C2CCNCC2)cc1. The zero-order valence-electron chi connectivity index (χ0n) is 10.7. The summed E-state index contributed by atoms with van der Waals surface area (Å²) in [4.78, 5) is 0. The second-order valence-corrected chi connectivity index (χ2v) is 4.98. The summed E-state index contributed by atoms with van der Waals surface area (Å²) < 4.78 is 0. The topological polar surface area (TPSA) is 32.3 Å². The van der Waals surface area contributed by atoms with E-state index in [4.69, 9.17) is 0 Å². The van der Waals surface area contributed by atoms with Crippen LogP contribution < -0.4 is 5.32 Å². The van der Waals surface area contributed by atoms with Gasteiger partial charge in [0, 0.05) is 12.5 Å². The molecule has 1 heterocycles. The highest BCUT2D eigenvalue weighted by molar-refractivity contribution is 5.28. The molecule has 0 aromatic heterocycles. The summed E-state index contributed by atoms with van der Waals surface area (Å²) in [5, 5.41) is 12.7. The quantitative estimate of drug-likeness (QED) is 0.838. The van der Waals surface area contributed by atoms with Gasteiger partial charge in [-0.25, -0.2) is 0 Å². The number of nitrogens with one attached hydrogen (secondary N) is 1. The summed E-state index contributed by atoms with van der Waals surface area (Å²) in [5.74, 6) is 1.02. The molecular weight excluding hydrogens is 210 g/mol. The lowest BCUT2D eigenvalue weighted by Crippen LogP contribution is -2.26. The van der Waals surface area contributed by atoms with Gasteiger partial charge >= 0.3 is 0 Å². The summed E-state index contributed by atoms with van der Waals surface area (Å²) >= 11 is 0. The zero-order chi connectivity index (χ0) is 12.1. The van der Waals surface area contributed by atoms with Crippen molar-refractivity contribution in [3.05, 3.63) is 35.4 Å². The van der Waals surface area contributed by atoms with Crippen molar-refractivity contribution in [2.45, 2.75) is 38.0 Å². The van der Waals surface area contributed by atoms with Gasteiger partial charge in [-0.05, 0) is 49.4 Å². The van der Waals surface area contributed by atoms with Gasteiger partial charge in [-0.2, -0.15) is 0 Å². The van der Waals surface area contributed by atoms with Gasteiger partial charge < -0.3 is 10.4 Å². The van der Waals surface area contributed by atoms with Gasteiger partial charge in [-0.15, -0.1) is 0 Å². The Bertz CT molecular complexity index is 323. The molecule has 1 aliphatic heterocycles. The lowest BCUT2D eigenvalue weighted by molar-refractivity contribution is 0.262. The third-order valence-corrected chi connectivity index (χ3v) is 3.93. The first kappa shape index (κ1) is 12.6. The molecule has 1 saturated heterocycles. The lowest BCUT2D eigenvalue weighted by atomic mass is 9.88. The standard InChI is InChI=1S/C15H23NO/c1-2-12(11-17)13-3-5-14(6-4-13)15-7-9-16-10-8-15/h3-6,12,15-17H,2,7-11H2,1H3. The van der Waals surface area contributed by atoms with Crippen LogP contribution in [0.1, 0.15) is 49.1 Å². The molecule has 1 fully saturated rings. The van der Waals surface area contributed by atoms with Crippen LogP contribution in [0.15, 0.2) is 24.3 Å². The fourth-order valence-electron chi connectivity index (χ4n) is 2.67. The molecule has 0 amide bonds. The van der Waals surface area contributed by atoms with Gasteiger partial charge in [0.25, 0.3) is 0 Å². The number of aliphatic hydroxyl groups excluding tert-OH is 1. The Kier molecular flexibility index (Phi) is 4.57. The van der Waals surface area contributed by atoms with Gasteiger partial charge in [0.15, 0.2) is 0 Å². The van der Waals surface area contributed by atoms with Gasteiger partial charge in [0.05, 0.1) is 0 Å². The first-order valence-corrected chi connectivity index (χ1v) is 6.76. The summed E-state index contributed by atoms with van der Waals surface area (Å²) in [5.41, 5.74) is 2.73. The maximum Gasteiger partial charge on any atom is 0.0499 e. The summed E-state index contributed by atoms with van der Waals surface area (Å²) in [7, 11) is 0. The molecule has 0 radical (unpaired) electrons. The molecule has 0 spiro atoms. The van der Waals surface area contributed by atoms with Crippen LogP contribution in [0.4, 0.5) is 0 Å². The molecule has 2 N–H and O–H groups in total. The van der Waals surface area contributed by atoms with E-state index in [9.17, 15) is 5.11 Å². The number of hydrogen-bond acceptors (Lipinski definition) is 2. The fraction of sp³-hybridized carbons (Fsp3) is 0.600. The van der Waals surface area contributed by atoms with E-state index in [-0.39, 0.29) is 6.61 Å². The van der Waals surface area contributed by atoms with Crippen molar-refractivity contribution in [1.29, 1.82) is 0 Å². The average Bonchev–Trinajstić information content (AvgIpc) is 2.42. The third-order valence-electron chi connectivity index (χ3n) is 3.93. The molecule has 0 bridgehead atoms. The van der Waals surface area contributed by atoms with E-state index < -0.39 is 0 Å². The zero-order valence-corrected chi connectivity index (χ0v) is 10.7. The van der Waals surface area contributed by atoms with E-state index in [1.54, 1.807) is 0 Å². The Labute approximate surface area is 104 Å². The second kappa shape index (κ2) is 6.18. The van der Waals surface area contributed by atoms with Crippen molar-refractivity contribution >= 4 is 0 Å². The van der Waals surface area contributed by atoms with Crippen molar-refractivity contribution in [1.82, 2.24) is 5.32 Å². The number of benzene rings is 1. The molecule has 1 unspecified atom stereocenters. The molecule has 2 heteroatoms. The van der Waals surface area contributed by atoms with Crippen LogP contribution in [0.3, 0.4) is 0 Å². The Morgan fingerprint density at radius 3 is 2.41 bits per heavy atom. The Balaban J connectivity index is 2.06. The maximum atomic E-state index is 9.29. The minimum atomic E-state index is 0.253. The summed E-state index contributed by atoms with van der Waals surface area (Å²) in [6.07, 6.45) is 3.50. The predicted octanol–water partition coefficient (Wildman–Crippen LogP) is 2.64. The molecule has 17 heavy (non-hydrogen) atoms. The number of hydrogen-bond donors (Lipinski definition) is 2. The largest absolute Gasteiger partial charge is 0.396 e. The van der Waals surface area contributed by atoms with E-state index >= 15 is 0 Å². The van der Waals surface area contributed by atoms with Gasteiger partial charge in [0.2, 0.25) is 0 Å². The van der Waals surface area contributed by atoms with Crippen molar-refractivity contribution in [2.24, 2.45) is 0 Å². The molecule has 0 aliphatic carbocycles. The molecule has 0 saturated carbocycles. The van der Waals surface area contributed by atoms with Gasteiger partial charge in [-0.3, -0.25) is 0 Å². The van der Waals surface area contributed by atoms with Crippen molar-refractivity contribution in [3.8, 4) is 0 Å². The molecule has 1 atom stereocenters. The smallest absolute Gasteiger partial charge is 0.0499 e. The number of piperidine rings is 1. The summed E-state index contributed by atoms with van der Waals surface area (Å²) in [6.45, 7) is 4.66. The van der Waals surface area contributed by atoms with Gasteiger partial charge in [-0.1, -0.05) is 31.2 Å². The maximum absolute atomic E-state index is 9.29. The third kappa shape index (κ3) is 3.08. The first-order chi connectivity index (χ1) is 8.35. The predicted molar refractivity (Wildman–Crippen MR) is 71.4 cm³/mol. The number of rotatable bonds is 4. The van der Waals surface area contributed by atoms with E-state index in [1.165, 1.54) is 24.0 Å². The van der Waals surface area contributed by atoms with Gasteiger partial charge in [0.1, 0.15) is 0 Å². The Morgan fingerprint density at radius 1 is 1.24 bits per heavy atom. The normalized spacial score (nSPS) is 19.2. The summed E-state index contributed by atoms with van der Waals surface area (Å²) in [6, 6.07) is 8.90. The van der Waals surface area contributed by atoms with Crippen molar-refractivity contribution in [2.75, 3.05) is 19.7 Å². The second-order valence-electron chi connectivity index (χ2n) is 4.98. The van der Waals surface area contributed by atoms with E-state index in [2.05, 4.69) is 36.5 Å². The Hall–Kier alpha value is -0.860.